The maximum Gasteiger partial charge on any atom is 0.308 e. The number of piperidine rings is 1. The number of carboxylic acid groups (broad SMARTS) is 1. The lowest BCUT2D eigenvalue weighted by Gasteiger charge is -2.36. The monoisotopic (exact) mass is 434 g/mol. The summed E-state index contributed by atoms with van der Waals surface area (Å²) < 4.78 is 20.5. The summed E-state index contributed by atoms with van der Waals surface area (Å²) in [5.41, 5.74) is 1.33. The molecule has 0 saturated carbocycles. The number of pyridine rings is 1. The van der Waals surface area contributed by atoms with Crippen molar-refractivity contribution in [2.45, 2.75) is 31.9 Å². The Labute approximate surface area is 182 Å². The van der Waals surface area contributed by atoms with Gasteiger partial charge in [-0.1, -0.05) is 0 Å². The van der Waals surface area contributed by atoms with E-state index in [1.807, 2.05) is 30.0 Å². The number of alkyl halides is 1. The van der Waals surface area contributed by atoms with E-state index in [0.717, 1.165) is 42.6 Å². The second-order valence-corrected chi connectivity index (χ2v) is 8.95. The second-order valence-electron chi connectivity index (χ2n) is 7.97. The van der Waals surface area contributed by atoms with Crippen LogP contribution in [0.2, 0.25) is 0 Å². The van der Waals surface area contributed by atoms with Gasteiger partial charge >= 0.3 is 5.97 Å². The van der Waals surface area contributed by atoms with E-state index in [0.29, 0.717) is 30.7 Å². The Hall–Kier alpha value is -1.86. The van der Waals surface area contributed by atoms with Gasteiger partial charge in [0.2, 0.25) is 0 Å². The molecule has 1 aromatic carbocycles. The van der Waals surface area contributed by atoms with Crippen LogP contribution in [0.25, 0.3) is 10.9 Å². The van der Waals surface area contributed by atoms with Gasteiger partial charge in [0.1, 0.15) is 11.9 Å². The van der Waals surface area contributed by atoms with Crippen molar-refractivity contribution in [3.63, 3.8) is 0 Å². The highest BCUT2D eigenvalue weighted by molar-refractivity contribution is 7.98. The molecule has 1 aromatic heterocycles. The fraction of sp³-hybridized carbons (Fsp3) is 0.565. The first-order chi connectivity index (χ1) is 14.5. The van der Waals surface area contributed by atoms with Crippen LogP contribution in [-0.4, -0.2) is 59.7 Å². The normalized spacial score (nSPS) is 20.9. The number of carbonyl (C=O) groups is 1. The maximum atomic E-state index is 15.2. The van der Waals surface area contributed by atoms with E-state index in [4.69, 9.17) is 4.74 Å². The minimum atomic E-state index is -1.16. The topological polar surface area (TPSA) is 62.7 Å². The number of thioether (sulfide) groups is 1. The van der Waals surface area contributed by atoms with E-state index in [1.165, 1.54) is 0 Å². The molecular formula is C23H31FN2O3S. The standard InChI is InChI=1S/C23H31FN2O3S/c1-29-17-5-7-22-19(14-17)18(8-10-25-22)21(24)6-4-16-9-12-26(11-3-13-30-2)15-20(16)23(27)28/h5,7-8,10,14,16,20-21H,3-4,6,9,11-13,15H2,1-2H3,(H,27,28)/t16-,20+,21?/m1/s1. The van der Waals surface area contributed by atoms with Gasteiger partial charge in [-0.25, -0.2) is 4.39 Å². The molecule has 2 heterocycles. The first-order valence-corrected chi connectivity index (χ1v) is 11.9. The molecule has 3 atom stereocenters. The molecule has 1 N–H and O–H groups in total. The minimum Gasteiger partial charge on any atom is -0.497 e. The Morgan fingerprint density at radius 1 is 1.43 bits per heavy atom. The largest absolute Gasteiger partial charge is 0.497 e. The maximum absolute atomic E-state index is 15.2. The summed E-state index contributed by atoms with van der Waals surface area (Å²) in [6.45, 7) is 2.41. The molecule has 0 bridgehead atoms. The van der Waals surface area contributed by atoms with Crippen LogP contribution in [0, 0.1) is 11.8 Å². The first-order valence-electron chi connectivity index (χ1n) is 10.5. The highest BCUT2D eigenvalue weighted by atomic mass is 32.2. The van der Waals surface area contributed by atoms with E-state index >= 15 is 4.39 Å². The van der Waals surface area contributed by atoms with Crippen LogP contribution < -0.4 is 4.74 Å². The Bertz CT molecular complexity index is 850. The van der Waals surface area contributed by atoms with Crippen molar-refractivity contribution < 1.29 is 19.0 Å². The average Bonchev–Trinajstić information content (AvgIpc) is 2.77. The Morgan fingerprint density at radius 2 is 2.27 bits per heavy atom. The number of ether oxygens (including phenoxy) is 1. The molecule has 1 aliphatic heterocycles. The van der Waals surface area contributed by atoms with E-state index in [-0.39, 0.29) is 5.92 Å². The number of rotatable bonds is 10. The van der Waals surface area contributed by atoms with Crippen LogP contribution in [0.1, 0.15) is 37.4 Å². The molecule has 1 fully saturated rings. The zero-order valence-electron chi connectivity index (χ0n) is 17.7. The molecule has 1 saturated heterocycles. The van der Waals surface area contributed by atoms with Gasteiger partial charge < -0.3 is 14.7 Å². The molecule has 1 aliphatic rings. The predicted octanol–water partition coefficient (Wildman–Crippen LogP) is 4.81. The lowest BCUT2D eigenvalue weighted by molar-refractivity contribution is -0.146. The highest BCUT2D eigenvalue weighted by Gasteiger charge is 2.34. The third kappa shape index (κ3) is 5.64. The summed E-state index contributed by atoms with van der Waals surface area (Å²) in [7, 11) is 1.59. The van der Waals surface area contributed by atoms with Gasteiger partial charge in [0.15, 0.2) is 0 Å². The van der Waals surface area contributed by atoms with Gasteiger partial charge in [0, 0.05) is 18.1 Å². The van der Waals surface area contributed by atoms with Crippen molar-refractivity contribution in [1.82, 2.24) is 9.88 Å². The smallest absolute Gasteiger partial charge is 0.308 e. The van der Waals surface area contributed by atoms with Crippen molar-refractivity contribution in [3.05, 3.63) is 36.0 Å². The molecule has 7 heteroatoms. The summed E-state index contributed by atoms with van der Waals surface area (Å²) in [4.78, 5) is 18.4. The third-order valence-electron chi connectivity index (χ3n) is 6.09. The molecule has 0 aliphatic carbocycles. The average molecular weight is 435 g/mol. The first kappa shape index (κ1) is 22.8. The van der Waals surface area contributed by atoms with Gasteiger partial charge in [-0.3, -0.25) is 9.78 Å². The molecule has 0 amide bonds. The van der Waals surface area contributed by atoms with E-state index in [2.05, 4.69) is 16.1 Å². The van der Waals surface area contributed by atoms with Crippen LogP contribution in [0.5, 0.6) is 5.75 Å². The van der Waals surface area contributed by atoms with Gasteiger partial charge in [-0.15, -0.1) is 0 Å². The van der Waals surface area contributed by atoms with Crippen molar-refractivity contribution in [1.29, 1.82) is 0 Å². The SMILES string of the molecule is COc1ccc2nccc(C(F)CC[C@@H]3CCN(CCCSC)C[C@@H]3C(=O)O)c2c1. The van der Waals surface area contributed by atoms with Crippen molar-refractivity contribution in [2.24, 2.45) is 11.8 Å². The molecule has 164 valence electrons. The molecule has 1 unspecified atom stereocenters. The number of halogens is 1. The van der Waals surface area contributed by atoms with Crippen LogP contribution in [0.3, 0.4) is 0 Å². The number of aliphatic carboxylic acids is 1. The molecule has 30 heavy (non-hydrogen) atoms. The zero-order chi connectivity index (χ0) is 21.5. The number of likely N-dealkylation sites (tertiary alicyclic amines) is 1. The quantitative estimate of drug-likeness (QED) is 0.542. The molecule has 0 spiro atoms. The van der Waals surface area contributed by atoms with Crippen LogP contribution in [0.15, 0.2) is 30.5 Å². The van der Waals surface area contributed by atoms with E-state index < -0.39 is 18.1 Å². The third-order valence-corrected chi connectivity index (χ3v) is 6.79. The summed E-state index contributed by atoms with van der Waals surface area (Å²) in [5, 5.41) is 10.5. The van der Waals surface area contributed by atoms with Gasteiger partial charge in [-0.2, -0.15) is 11.8 Å². The number of nitrogens with zero attached hydrogens (tertiary/aromatic N) is 2. The van der Waals surface area contributed by atoms with Crippen LogP contribution >= 0.6 is 11.8 Å². The Morgan fingerprint density at radius 3 is 3.00 bits per heavy atom. The minimum absolute atomic E-state index is 0.0141. The summed E-state index contributed by atoms with van der Waals surface area (Å²) >= 11 is 1.81. The zero-order valence-corrected chi connectivity index (χ0v) is 18.5. The van der Waals surface area contributed by atoms with Gasteiger partial charge in [0.25, 0.3) is 0 Å². The fourth-order valence-corrected chi connectivity index (χ4v) is 4.81. The summed E-state index contributed by atoms with van der Waals surface area (Å²) in [5.74, 6) is 0.591. The van der Waals surface area contributed by atoms with Crippen LogP contribution in [-0.2, 0) is 4.79 Å². The Balaban J connectivity index is 1.64. The number of hydrogen-bond acceptors (Lipinski definition) is 5. The number of aromatic nitrogens is 1. The second kappa shape index (κ2) is 11.0. The van der Waals surface area contributed by atoms with E-state index in [9.17, 15) is 9.90 Å². The Kier molecular flexibility index (Phi) is 8.33. The number of fused-ring (bicyclic) bond motifs is 1. The molecule has 5 nitrogen and oxygen atoms in total. The fourth-order valence-electron chi connectivity index (χ4n) is 4.39. The number of carboxylic acids is 1. The van der Waals surface area contributed by atoms with Crippen molar-refractivity contribution in [2.75, 3.05) is 38.8 Å². The number of benzene rings is 1. The van der Waals surface area contributed by atoms with Gasteiger partial charge in [-0.05, 0) is 86.5 Å². The van der Waals surface area contributed by atoms with Crippen LogP contribution in [0.4, 0.5) is 4.39 Å². The molecule has 2 aromatic rings. The lowest BCUT2D eigenvalue weighted by atomic mass is 9.81. The highest BCUT2D eigenvalue weighted by Crippen LogP contribution is 2.35. The van der Waals surface area contributed by atoms with E-state index in [1.54, 1.807) is 19.4 Å². The van der Waals surface area contributed by atoms with Crippen molar-refractivity contribution >= 4 is 28.6 Å². The summed E-state index contributed by atoms with van der Waals surface area (Å²) in [6.07, 6.45) is 5.33. The van der Waals surface area contributed by atoms with Gasteiger partial charge in [0.05, 0.1) is 18.5 Å². The number of methoxy groups -OCH3 is 1. The molecule has 0 radical (unpaired) electrons. The molecule has 3 rings (SSSR count). The van der Waals surface area contributed by atoms with Crippen molar-refractivity contribution in [3.8, 4) is 5.75 Å². The lowest BCUT2D eigenvalue weighted by Crippen LogP contribution is -2.44. The molecular weight excluding hydrogens is 403 g/mol. The number of hydrogen-bond donors (Lipinski definition) is 1. The predicted molar refractivity (Wildman–Crippen MR) is 120 cm³/mol. The summed E-state index contributed by atoms with van der Waals surface area (Å²) in [6, 6.07) is 7.18.